The highest BCUT2D eigenvalue weighted by Crippen LogP contribution is 2.12. The van der Waals surface area contributed by atoms with Gasteiger partial charge in [0.25, 0.3) is 5.91 Å². The fourth-order valence-electron chi connectivity index (χ4n) is 2.55. The first-order chi connectivity index (χ1) is 11.8. The van der Waals surface area contributed by atoms with Crippen molar-refractivity contribution in [2.75, 3.05) is 59.7 Å². The van der Waals surface area contributed by atoms with Crippen LogP contribution in [0, 0.1) is 0 Å². The summed E-state index contributed by atoms with van der Waals surface area (Å²) in [6.07, 6.45) is 1.90. The van der Waals surface area contributed by atoms with Crippen LogP contribution >= 0.6 is 0 Å². The fourth-order valence-corrected chi connectivity index (χ4v) is 2.55. The Hall–Kier alpha value is -1.92. The Morgan fingerprint density at radius 2 is 1.32 bits per heavy atom. The van der Waals surface area contributed by atoms with E-state index in [0.717, 1.165) is 39.0 Å². The number of amides is 2. The highest BCUT2D eigenvalue weighted by molar-refractivity contribution is 5.95. The van der Waals surface area contributed by atoms with Gasteiger partial charge in [-0.2, -0.15) is 0 Å². The highest BCUT2D eigenvalue weighted by atomic mass is 16.2. The molecule has 0 heterocycles. The number of hydrogen-bond donors (Lipinski definition) is 1. The second kappa shape index (κ2) is 10.8. The molecule has 140 valence electrons. The molecule has 6 nitrogen and oxygen atoms in total. The molecule has 0 aromatic heterocycles. The lowest BCUT2D eigenvalue weighted by molar-refractivity contribution is -0.114. The zero-order valence-electron chi connectivity index (χ0n) is 16.2. The Morgan fingerprint density at radius 3 is 1.72 bits per heavy atom. The van der Waals surface area contributed by atoms with E-state index in [2.05, 4.69) is 15.1 Å². The first-order valence-corrected chi connectivity index (χ1v) is 8.76. The van der Waals surface area contributed by atoms with E-state index >= 15 is 0 Å². The van der Waals surface area contributed by atoms with Crippen LogP contribution in [0.2, 0.25) is 0 Å². The molecule has 0 aliphatic rings. The van der Waals surface area contributed by atoms with Gasteiger partial charge in [-0.05, 0) is 78.4 Å². The molecule has 2 amide bonds. The predicted molar refractivity (Wildman–Crippen MR) is 103 cm³/mol. The van der Waals surface area contributed by atoms with E-state index < -0.39 is 0 Å². The molecule has 0 radical (unpaired) electrons. The maximum atomic E-state index is 12.8. The van der Waals surface area contributed by atoms with Crippen LogP contribution < -0.4 is 5.32 Å². The van der Waals surface area contributed by atoms with Crippen molar-refractivity contribution in [1.29, 1.82) is 0 Å². The number of rotatable bonds is 10. The first-order valence-electron chi connectivity index (χ1n) is 8.76. The number of benzene rings is 1. The van der Waals surface area contributed by atoms with Crippen LogP contribution in [-0.2, 0) is 4.79 Å². The van der Waals surface area contributed by atoms with Gasteiger partial charge >= 0.3 is 0 Å². The fraction of sp³-hybridized carbons (Fsp3) is 0.579. The number of carbonyl (C=O) groups excluding carboxylic acids is 2. The highest BCUT2D eigenvalue weighted by Gasteiger charge is 2.15. The number of nitrogens with zero attached hydrogens (tertiary/aromatic N) is 3. The van der Waals surface area contributed by atoms with Gasteiger partial charge in [-0.3, -0.25) is 9.59 Å². The molecule has 0 aliphatic heterocycles. The normalized spacial score (nSPS) is 11.0. The van der Waals surface area contributed by atoms with Crippen molar-refractivity contribution in [1.82, 2.24) is 14.7 Å². The average molecular weight is 348 g/mol. The molecule has 0 atom stereocenters. The van der Waals surface area contributed by atoms with Crippen LogP contribution in [0.1, 0.15) is 30.1 Å². The molecule has 25 heavy (non-hydrogen) atoms. The molecule has 0 saturated carbocycles. The minimum absolute atomic E-state index is 0.0480. The summed E-state index contributed by atoms with van der Waals surface area (Å²) in [5.74, 6) is -0.0695. The molecule has 1 aromatic rings. The van der Waals surface area contributed by atoms with E-state index in [-0.39, 0.29) is 11.8 Å². The van der Waals surface area contributed by atoms with Gasteiger partial charge in [0.05, 0.1) is 0 Å². The number of anilines is 1. The third kappa shape index (κ3) is 8.65. The molecule has 0 spiro atoms. The summed E-state index contributed by atoms with van der Waals surface area (Å²) in [7, 11) is 8.16. The monoisotopic (exact) mass is 348 g/mol. The third-order valence-corrected chi connectivity index (χ3v) is 3.81. The summed E-state index contributed by atoms with van der Waals surface area (Å²) >= 11 is 0. The zero-order chi connectivity index (χ0) is 18.8. The van der Waals surface area contributed by atoms with Gasteiger partial charge in [0, 0.05) is 31.3 Å². The summed E-state index contributed by atoms with van der Waals surface area (Å²) in [5, 5.41) is 2.72. The second-order valence-electron chi connectivity index (χ2n) is 6.86. The lowest BCUT2D eigenvalue weighted by Crippen LogP contribution is -2.35. The third-order valence-electron chi connectivity index (χ3n) is 3.81. The maximum absolute atomic E-state index is 12.8. The van der Waals surface area contributed by atoms with Crippen molar-refractivity contribution in [3.63, 3.8) is 0 Å². The van der Waals surface area contributed by atoms with E-state index in [4.69, 9.17) is 0 Å². The molecule has 0 saturated heterocycles. The van der Waals surface area contributed by atoms with E-state index in [1.807, 2.05) is 33.1 Å². The Labute approximate surface area is 151 Å². The van der Waals surface area contributed by atoms with Gasteiger partial charge in [0.2, 0.25) is 5.91 Å². The molecule has 1 N–H and O–H groups in total. The lowest BCUT2D eigenvalue weighted by atomic mass is 10.1. The molecule has 0 aliphatic carbocycles. The van der Waals surface area contributed by atoms with Crippen LogP contribution in [-0.4, -0.2) is 80.9 Å². The van der Waals surface area contributed by atoms with Crippen molar-refractivity contribution in [3.8, 4) is 0 Å². The standard InChI is InChI=1S/C19H32N4O2/c1-16(24)20-18-10-8-17(9-11-18)19(25)23(14-6-12-21(2)3)15-7-13-22(4)5/h8-11H,6-7,12-15H2,1-5H3,(H,20,24). The Morgan fingerprint density at radius 1 is 0.840 bits per heavy atom. The van der Waals surface area contributed by atoms with Crippen molar-refractivity contribution >= 4 is 17.5 Å². The molecule has 0 fully saturated rings. The van der Waals surface area contributed by atoms with Gasteiger partial charge in [0.1, 0.15) is 0 Å². The smallest absolute Gasteiger partial charge is 0.253 e. The average Bonchev–Trinajstić information content (AvgIpc) is 2.52. The number of nitrogens with one attached hydrogen (secondary N) is 1. The van der Waals surface area contributed by atoms with Crippen LogP contribution in [0.5, 0.6) is 0 Å². The second-order valence-corrected chi connectivity index (χ2v) is 6.86. The van der Waals surface area contributed by atoms with Crippen molar-refractivity contribution in [2.45, 2.75) is 19.8 Å². The quantitative estimate of drug-likeness (QED) is 0.703. The zero-order valence-corrected chi connectivity index (χ0v) is 16.2. The van der Waals surface area contributed by atoms with Gasteiger partial charge in [0.15, 0.2) is 0 Å². The van der Waals surface area contributed by atoms with Crippen LogP contribution in [0.25, 0.3) is 0 Å². The summed E-state index contributed by atoms with van der Waals surface area (Å²) < 4.78 is 0. The molecule has 1 rings (SSSR count). The van der Waals surface area contributed by atoms with E-state index in [0.29, 0.717) is 11.3 Å². The van der Waals surface area contributed by atoms with Crippen molar-refractivity contribution < 1.29 is 9.59 Å². The van der Waals surface area contributed by atoms with E-state index in [1.165, 1.54) is 6.92 Å². The minimum atomic E-state index is -0.118. The van der Waals surface area contributed by atoms with Crippen LogP contribution in [0.15, 0.2) is 24.3 Å². The van der Waals surface area contributed by atoms with Crippen molar-refractivity contribution in [2.24, 2.45) is 0 Å². The van der Waals surface area contributed by atoms with Gasteiger partial charge < -0.3 is 20.0 Å². The summed E-state index contributed by atoms with van der Waals surface area (Å²) in [4.78, 5) is 30.1. The van der Waals surface area contributed by atoms with Crippen molar-refractivity contribution in [3.05, 3.63) is 29.8 Å². The topological polar surface area (TPSA) is 55.9 Å². The van der Waals surface area contributed by atoms with Gasteiger partial charge in [-0.1, -0.05) is 0 Å². The Balaban J connectivity index is 2.72. The van der Waals surface area contributed by atoms with E-state index in [1.54, 1.807) is 24.3 Å². The molecular weight excluding hydrogens is 316 g/mol. The molecular formula is C19H32N4O2. The first kappa shape index (κ1) is 21.1. The lowest BCUT2D eigenvalue weighted by Gasteiger charge is -2.24. The Bertz CT molecular complexity index is 527. The summed E-state index contributed by atoms with van der Waals surface area (Å²) in [5.41, 5.74) is 1.36. The Kier molecular flexibility index (Phi) is 9.16. The molecule has 6 heteroatoms. The van der Waals surface area contributed by atoms with Gasteiger partial charge in [-0.25, -0.2) is 0 Å². The van der Waals surface area contributed by atoms with Crippen LogP contribution in [0.4, 0.5) is 5.69 Å². The minimum Gasteiger partial charge on any atom is -0.339 e. The van der Waals surface area contributed by atoms with E-state index in [9.17, 15) is 9.59 Å². The largest absolute Gasteiger partial charge is 0.339 e. The molecule has 0 unspecified atom stereocenters. The predicted octanol–water partition coefficient (Wildman–Crippen LogP) is 1.99. The summed E-state index contributed by atoms with van der Waals surface area (Å²) in [6.45, 7) is 4.88. The SMILES string of the molecule is CC(=O)Nc1ccc(C(=O)N(CCCN(C)C)CCCN(C)C)cc1. The van der Waals surface area contributed by atoms with Crippen LogP contribution in [0.3, 0.4) is 0 Å². The summed E-state index contributed by atoms with van der Waals surface area (Å²) in [6, 6.07) is 7.09. The number of hydrogen-bond acceptors (Lipinski definition) is 4. The molecule has 1 aromatic carbocycles. The maximum Gasteiger partial charge on any atom is 0.253 e. The van der Waals surface area contributed by atoms with Gasteiger partial charge in [-0.15, -0.1) is 0 Å². The number of carbonyl (C=O) groups is 2. The molecule has 0 bridgehead atoms.